The van der Waals surface area contributed by atoms with Gasteiger partial charge in [-0.25, -0.2) is 0 Å². The lowest BCUT2D eigenvalue weighted by atomic mass is 9.98. The maximum atomic E-state index is 5.80. The van der Waals surface area contributed by atoms with Crippen molar-refractivity contribution in [2.24, 2.45) is 11.7 Å². The summed E-state index contributed by atoms with van der Waals surface area (Å²) >= 11 is 0. The van der Waals surface area contributed by atoms with E-state index in [1.54, 1.807) is 0 Å². The average Bonchev–Trinajstić information content (AvgIpc) is 2.37. The fourth-order valence-electron chi connectivity index (χ4n) is 1.22. The van der Waals surface area contributed by atoms with Gasteiger partial charge in [0.05, 0.1) is 6.61 Å². The van der Waals surface area contributed by atoms with Crippen molar-refractivity contribution >= 4 is 0 Å². The maximum Gasteiger partial charge on any atom is 0.0509 e. The Balaban J connectivity index is 2.24. The Morgan fingerprint density at radius 3 is 3.00 bits per heavy atom. The maximum absolute atomic E-state index is 5.80. The first-order chi connectivity index (χ1) is 4.34. The lowest BCUT2D eigenvalue weighted by molar-refractivity contribution is 0.180. The van der Waals surface area contributed by atoms with Gasteiger partial charge in [-0.15, -0.1) is 0 Å². The molecule has 0 saturated carbocycles. The van der Waals surface area contributed by atoms with Crippen molar-refractivity contribution in [1.82, 2.24) is 0 Å². The largest absolute Gasteiger partial charge is 0.381 e. The molecule has 1 fully saturated rings. The minimum absolute atomic E-state index is 0.368. The predicted molar refractivity (Wildman–Crippen MR) is 37.2 cm³/mol. The van der Waals surface area contributed by atoms with Crippen LogP contribution in [0.5, 0.6) is 0 Å². The molecule has 0 amide bonds. The van der Waals surface area contributed by atoms with Crippen molar-refractivity contribution in [3.8, 4) is 0 Å². The summed E-state index contributed by atoms with van der Waals surface area (Å²) in [5.74, 6) is 0.634. The van der Waals surface area contributed by atoms with Crippen LogP contribution in [0.1, 0.15) is 19.8 Å². The molecule has 2 N–H and O–H groups in total. The van der Waals surface area contributed by atoms with Crippen LogP contribution in [0.2, 0.25) is 0 Å². The number of hydrogen-bond donors (Lipinski definition) is 1. The molecular formula is C7H15NO. The Morgan fingerprint density at radius 1 is 1.78 bits per heavy atom. The van der Waals surface area contributed by atoms with E-state index in [9.17, 15) is 0 Å². The molecule has 0 radical (unpaired) electrons. The van der Waals surface area contributed by atoms with Gasteiger partial charge in [0.1, 0.15) is 0 Å². The summed E-state index contributed by atoms with van der Waals surface area (Å²) in [4.78, 5) is 0. The highest BCUT2D eigenvalue weighted by Gasteiger charge is 2.20. The van der Waals surface area contributed by atoms with Crippen LogP contribution >= 0.6 is 0 Å². The Morgan fingerprint density at radius 2 is 2.56 bits per heavy atom. The summed E-state index contributed by atoms with van der Waals surface area (Å²) in [5.41, 5.74) is 5.80. The fourth-order valence-corrected chi connectivity index (χ4v) is 1.22. The second kappa shape index (κ2) is 3.18. The zero-order valence-corrected chi connectivity index (χ0v) is 5.97. The first-order valence-electron chi connectivity index (χ1n) is 3.68. The van der Waals surface area contributed by atoms with E-state index in [0.717, 1.165) is 26.1 Å². The molecule has 9 heavy (non-hydrogen) atoms. The van der Waals surface area contributed by atoms with Gasteiger partial charge in [-0.3, -0.25) is 0 Å². The molecule has 0 bridgehead atoms. The van der Waals surface area contributed by atoms with Crippen molar-refractivity contribution in [1.29, 1.82) is 0 Å². The van der Waals surface area contributed by atoms with Gasteiger partial charge in [0.15, 0.2) is 0 Å². The summed E-state index contributed by atoms with van der Waals surface area (Å²) in [6.45, 7) is 3.93. The fraction of sp³-hybridized carbons (Fsp3) is 1.00. The van der Waals surface area contributed by atoms with E-state index in [-0.39, 0.29) is 0 Å². The van der Waals surface area contributed by atoms with E-state index in [2.05, 4.69) is 6.92 Å². The summed E-state index contributed by atoms with van der Waals surface area (Å²) in [6.07, 6.45) is 2.24. The third-order valence-corrected chi connectivity index (χ3v) is 2.04. The van der Waals surface area contributed by atoms with Crippen LogP contribution in [0, 0.1) is 5.92 Å². The van der Waals surface area contributed by atoms with Crippen molar-refractivity contribution in [3.05, 3.63) is 0 Å². The number of rotatable bonds is 2. The first kappa shape index (κ1) is 7.03. The lowest BCUT2D eigenvalue weighted by Crippen LogP contribution is -2.29. The molecule has 0 spiro atoms. The van der Waals surface area contributed by atoms with Crippen LogP contribution in [0.25, 0.3) is 0 Å². The minimum Gasteiger partial charge on any atom is -0.381 e. The zero-order valence-electron chi connectivity index (χ0n) is 5.97. The van der Waals surface area contributed by atoms with Gasteiger partial charge in [-0.05, 0) is 18.8 Å². The Bertz CT molecular complexity index is 79.0. The minimum atomic E-state index is 0.368. The monoisotopic (exact) mass is 129 g/mol. The van der Waals surface area contributed by atoms with Crippen molar-refractivity contribution in [2.45, 2.75) is 25.8 Å². The quantitative estimate of drug-likeness (QED) is 0.597. The van der Waals surface area contributed by atoms with Crippen LogP contribution in [-0.2, 0) is 4.74 Å². The van der Waals surface area contributed by atoms with Gasteiger partial charge in [0.25, 0.3) is 0 Å². The highest BCUT2D eigenvalue weighted by molar-refractivity contribution is 4.74. The van der Waals surface area contributed by atoms with Gasteiger partial charge < -0.3 is 10.5 Å². The van der Waals surface area contributed by atoms with Crippen LogP contribution in [0.3, 0.4) is 0 Å². The first-order valence-corrected chi connectivity index (χ1v) is 3.68. The van der Waals surface area contributed by atoms with Crippen LogP contribution < -0.4 is 5.73 Å². The molecule has 0 unspecified atom stereocenters. The number of ether oxygens (including phenoxy) is 1. The topological polar surface area (TPSA) is 35.2 Å². The second-order valence-corrected chi connectivity index (χ2v) is 2.70. The van der Waals surface area contributed by atoms with Crippen molar-refractivity contribution < 1.29 is 4.74 Å². The molecular weight excluding hydrogens is 114 g/mol. The molecule has 0 aliphatic carbocycles. The Labute approximate surface area is 56.4 Å². The normalized spacial score (nSPS) is 30.7. The van der Waals surface area contributed by atoms with E-state index < -0.39 is 0 Å². The highest BCUT2D eigenvalue weighted by Crippen LogP contribution is 2.16. The van der Waals surface area contributed by atoms with E-state index in [1.165, 1.54) is 0 Å². The second-order valence-electron chi connectivity index (χ2n) is 2.70. The van der Waals surface area contributed by atoms with Gasteiger partial charge >= 0.3 is 0 Å². The average molecular weight is 129 g/mol. The van der Waals surface area contributed by atoms with E-state index in [0.29, 0.717) is 12.0 Å². The molecule has 2 nitrogen and oxygen atoms in total. The summed E-state index contributed by atoms with van der Waals surface area (Å²) in [7, 11) is 0. The third kappa shape index (κ3) is 1.66. The number of nitrogens with two attached hydrogens (primary N) is 1. The lowest BCUT2D eigenvalue weighted by Gasteiger charge is -2.14. The smallest absolute Gasteiger partial charge is 0.0509 e. The predicted octanol–water partition coefficient (Wildman–Crippen LogP) is 0.760. The zero-order chi connectivity index (χ0) is 6.69. The Hall–Kier alpha value is -0.0800. The molecule has 0 aromatic rings. The standard InChI is InChI=1S/C7H15NO/c1-2-7(8)6-3-4-9-5-6/h6-7H,2-5,8H2,1H3/t6-,7-/m1/s1. The van der Waals surface area contributed by atoms with Gasteiger partial charge in [0, 0.05) is 12.6 Å². The molecule has 1 saturated heterocycles. The Kier molecular flexibility index (Phi) is 2.49. The van der Waals surface area contributed by atoms with Crippen molar-refractivity contribution in [2.75, 3.05) is 13.2 Å². The molecule has 0 aromatic heterocycles. The van der Waals surface area contributed by atoms with Gasteiger partial charge in [0.2, 0.25) is 0 Å². The van der Waals surface area contributed by atoms with Crippen LogP contribution in [0.4, 0.5) is 0 Å². The SMILES string of the molecule is CC[C@@H](N)[C@@H]1CCOC1. The molecule has 1 aliphatic heterocycles. The molecule has 1 aliphatic rings. The van der Waals surface area contributed by atoms with Gasteiger partial charge in [-0.1, -0.05) is 6.92 Å². The summed E-state index contributed by atoms with van der Waals surface area (Å²) in [5, 5.41) is 0. The molecule has 1 heterocycles. The van der Waals surface area contributed by atoms with E-state index >= 15 is 0 Å². The highest BCUT2D eigenvalue weighted by atomic mass is 16.5. The van der Waals surface area contributed by atoms with Crippen molar-refractivity contribution in [3.63, 3.8) is 0 Å². The van der Waals surface area contributed by atoms with Crippen LogP contribution in [0.15, 0.2) is 0 Å². The molecule has 2 heteroatoms. The molecule has 1 rings (SSSR count). The van der Waals surface area contributed by atoms with Crippen LogP contribution in [-0.4, -0.2) is 19.3 Å². The molecule has 2 atom stereocenters. The molecule has 54 valence electrons. The summed E-state index contributed by atoms with van der Waals surface area (Å²) < 4.78 is 5.20. The van der Waals surface area contributed by atoms with E-state index in [4.69, 9.17) is 10.5 Å². The third-order valence-electron chi connectivity index (χ3n) is 2.04. The van der Waals surface area contributed by atoms with E-state index in [1.807, 2.05) is 0 Å². The van der Waals surface area contributed by atoms with Gasteiger partial charge in [-0.2, -0.15) is 0 Å². The molecule has 0 aromatic carbocycles. The summed E-state index contributed by atoms with van der Waals surface area (Å²) in [6, 6.07) is 0.368. The number of hydrogen-bond acceptors (Lipinski definition) is 2.